The van der Waals surface area contributed by atoms with Crippen LogP contribution in [0.5, 0.6) is 0 Å². The number of piperidine rings is 1. The van der Waals surface area contributed by atoms with Crippen LogP contribution in [-0.4, -0.2) is 29.8 Å². The first kappa shape index (κ1) is 20.6. The zero-order chi connectivity index (χ0) is 20.9. The normalized spacial score (nSPS) is 21.3. The van der Waals surface area contributed by atoms with Gasteiger partial charge in [-0.25, -0.2) is 0 Å². The molecule has 1 aliphatic carbocycles. The first-order valence-corrected chi connectivity index (χ1v) is 11.4. The van der Waals surface area contributed by atoms with Gasteiger partial charge < -0.3 is 10.2 Å². The number of amides is 2. The van der Waals surface area contributed by atoms with Crippen LogP contribution in [0.15, 0.2) is 54.6 Å². The molecule has 0 aromatic heterocycles. The van der Waals surface area contributed by atoms with Crippen LogP contribution in [0, 0.1) is 11.8 Å². The summed E-state index contributed by atoms with van der Waals surface area (Å²) in [6.45, 7) is 3.32. The third-order valence-corrected chi connectivity index (χ3v) is 6.49. The number of hydrogen-bond donors (Lipinski definition) is 1. The summed E-state index contributed by atoms with van der Waals surface area (Å²) in [5.74, 6) is 0.373. The van der Waals surface area contributed by atoms with Gasteiger partial charge in [0.15, 0.2) is 0 Å². The van der Waals surface area contributed by atoms with Gasteiger partial charge >= 0.3 is 0 Å². The fourth-order valence-corrected chi connectivity index (χ4v) is 4.43. The molecular weight excluding hydrogens is 372 g/mol. The molecule has 1 heterocycles. The van der Waals surface area contributed by atoms with Crippen molar-refractivity contribution in [2.24, 2.45) is 11.8 Å². The largest absolute Gasteiger partial charge is 0.355 e. The molecular formula is C26H32N2O2. The van der Waals surface area contributed by atoms with E-state index in [1.807, 2.05) is 23.1 Å². The fourth-order valence-electron chi connectivity index (χ4n) is 4.43. The standard InChI is InChI=1S/C26H32N2O2/c1-2-19-8-10-21(11-9-19)24-15-14-23(18-28(24)26(30)22-12-13-22)25(29)27-17-16-20-6-4-3-5-7-20/h3-11,22-24H,2,12-18H2,1H3,(H,27,29)/t23-,24+/m0/s1. The van der Waals surface area contributed by atoms with Gasteiger partial charge in [-0.1, -0.05) is 61.5 Å². The third-order valence-electron chi connectivity index (χ3n) is 6.49. The second-order valence-corrected chi connectivity index (χ2v) is 8.68. The number of benzene rings is 2. The number of carbonyl (C=O) groups excluding carboxylic acids is 2. The average Bonchev–Trinajstić information content (AvgIpc) is 3.64. The predicted octanol–water partition coefficient (Wildman–Crippen LogP) is 4.30. The Kier molecular flexibility index (Phi) is 6.51. The minimum absolute atomic E-state index is 0.0827. The Morgan fingerprint density at radius 1 is 0.900 bits per heavy atom. The minimum Gasteiger partial charge on any atom is -0.355 e. The molecule has 1 N–H and O–H groups in total. The summed E-state index contributed by atoms with van der Waals surface area (Å²) in [6.07, 6.45) is 5.50. The van der Waals surface area contributed by atoms with E-state index in [-0.39, 0.29) is 29.7 Å². The molecule has 2 amide bonds. The Morgan fingerprint density at radius 3 is 2.27 bits per heavy atom. The molecule has 2 aliphatic rings. The van der Waals surface area contributed by atoms with Gasteiger partial charge in [0.1, 0.15) is 0 Å². The van der Waals surface area contributed by atoms with E-state index in [0.717, 1.165) is 38.5 Å². The molecule has 1 saturated heterocycles. The number of aryl methyl sites for hydroxylation is 1. The van der Waals surface area contributed by atoms with E-state index in [2.05, 4.69) is 48.6 Å². The number of likely N-dealkylation sites (tertiary alicyclic amines) is 1. The van der Waals surface area contributed by atoms with E-state index in [0.29, 0.717) is 13.1 Å². The van der Waals surface area contributed by atoms with Crippen LogP contribution >= 0.6 is 0 Å². The van der Waals surface area contributed by atoms with Crippen LogP contribution in [0.4, 0.5) is 0 Å². The maximum absolute atomic E-state index is 13.0. The van der Waals surface area contributed by atoms with E-state index < -0.39 is 0 Å². The van der Waals surface area contributed by atoms with Crippen molar-refractivity contribution in [3.8, 4) is 0 Å². The zero-order valence-electron chi connectivity index (χ0n) is 17.8. The lowest BCUT2D eigenvalue weighted by molar-refractivity contribution is -0.140. The number of nitrogens with zero attached hydrogens (tertiary/aromatic N) is 1. The Labute approximate surface area is 179 Å². The van der Waals surface area contributed by atoms with Gasteiger partial charge in [0.2, 0.25) is 11.8 Å². The van der Waals surface area contributed by atoms with Gasteiger partial charge in [-0.3, -0.25) is 9.59 Å². The number of nitrogens with one attached hydrogen (secondary N) is 1. The van der Waals surface area contributed by atoms with Crippen molar-refractivity contribution in [2.45, 2.75) is 51.5 Å². The van der Waals surface area contributed by atoms with E-state index in [4.69, 9.17) is 0 Å². The molecule has 4 heteroatoms. The second-order valence-electron chi connectivity index (χ2n) is 8.68. The van der Waals surface area contributed by atoms with Crippen molar-refractivity contribution in [3.63, 3.8) is 0 Å². The summed E-state index contributed by atoms with van der Waals surface area (Å²) in [4.78, 5) is 27.9. The summed E-state index contributed by atoms with van der Waals surface area (Å²) in [7, 11) is 0. The SMILES string of the molecule is CCc1ccc([C@H]2CC[C@H](C(=O)NCCc3ccccc3)CN2C(=O)C2CC2)cc1. The number of rotatable bonds is 7. The summed E-state index contributed by atoms with van der Waals surface area (Å²) in [5.41, 5.74) is 3.73. The van der Waals surface area contributed by atoms with Crippen LogP contribution in [0.3, 0.4) is 0 Å². The van der Waals surface area contributed by atoms with E-state index in [1.165, 1.54) is 16.7 Å². The van der Waals surface area contributed by atoms with Crippen molar-refractivity contribution in [1.82, 2.24) is 10.2 Å². The highest BCUT2D eigenvalue weighted by molar-refractivity contribution is 5.84. The lowest BCUT2D eigenvalue weighted by Gasteiger charge is -2.40. The van der Waals surface area contributed by atoms with Crippen molar-refractivity contribution >= 4 is 11.8 Å². The zero-order valence-corrected chi connectivity index (χ0v) is 17.8. The summed E-state index contributed by atoms with van der Waals surface area (Å²) in [5, 5.41) is 3.10. The van der Waals surface area contributed by atoms with Gasteiger partial charge in [-0.05, 0) is 55.2 Å². The Hall–Kier alpha value is -2.62. The molecule has 2 atom stereocenters. The average molecular weight is 405 g/mol. The predicted molar refractivity (Wildman–Crippen MR) is 119 cm³/mol. The van der Waals surface area contributed by atoms with Gasteiger partial charge in [0, 0.05) is 19.0 Å². The number of carbonyl (C=O) groups is 2. The molecule has 4 rings (SSSR count). The molecule has 2 fully saturated rings. The minimum atomic E-state index is -0.116. The molecule has 2 aromatic carbocycles. The van der Waals surface area contributed by atoms with Crippen LogP contribution in [0.2, 0.25) is 0 Å². The molecule has 0 spiro atoms. The molecule has 0 bridgehead atoms. The lowest BCUT2D eigenvalue weighted by Crippen LogP contribution is -2.47. The van der Waals surface area contributed by atoms with E-state index in [1.54, 1.807) is 0 Å². The van der Waals surface area contributed by atoms with Crippen molar-refractivity contribution < 1.29 is 9.59 Å². The van der Waals surface area contributed by atoms with Gasteiger partial charge in [-0.2, -0.15) is 0 Å². The summed E-state index contributed by atoms with van der Waals surface area (Å²) >= 11 is 0. The fraction of sp³-hybridized carbons (Fsp3) is 0.462. The monoisotopic (exact) mass is 404 g/mol. The van der Waals surface area contributed by atoms with E-state index >= 15 is 0 Å². The second kappa shape index (κ2) is 9.46. The van der Waals surface area contributed by atoms with E-state index in [9.17, 15) is 9.59 Å². The molecule has 1 aliphatic heterocycles. The van der Waals surface area contributed by atoms with Crippen molar-refractivity contribution in [2.75, 3.05) is 13.1 Å². The lowest BCUT2D eigenvalue weighted by atomic mass is 9.87. The van der Waals surface area contributed by atoms with Gasteiger partial charge in [0.05, 0.1) is 12.0 Å². The Balaban J connectivity index is 1.39. The van der Waals surface area contributed by atoms with Crippen LogP contribution in [0.25, 0.3) is 0 Å². The topological polar surface area (TPSA) is 49.4 Å². The molecule has 2 aromatic rings. The quantitative estimate of drug-likeness (QED) is 0.748. The first-order chi connectivity index (χ1) is 14.7. The molecule has 0 radical (unpaired) electrons. The molecule has 1 saturated carbocycles. The van der Waals surface area contributed by atoms with Crippen LogP contribution < -0.4 is 5.32 Å². The van der Waals surface area contributed by atoms with Gasteiger partial charge in [0.25, 0.3) is 0 Å². The maximum Gasteiger partial charge on any atom is 0.226 e. The Morgan fingerprint density at radius 2 is 1.60 bits per heavy atom. The van der Waals surface area contributed by atoms with Crippen molar-refractivity contribution in [3.05, 3.63) is 71.3 Å². The van der Waals surface area contributed by atoms with Crippen LogP contribution in [0.1, 0.15) is 55.3 Å². The molecule has 4 nitrogen and oxygen atoms in total. The van der Waals surface area contributed by atoms with Crippen molar-refractivity contribution in [1.29, 1.82) is 0 Å². The third kappa shape index (κ3) is 4.92. The highest BCUT2D eigenvalue weighted by atomic mass is 16.2. The highest BCUT2D eigenvalue weighted by Crippen LogP contribution is 2.39. The number of hydrogen-bond acceptors (Lipinski definition) is 2. The Bertz CT molecular complexity index is 858. The molecule has 0 unspecified atom stereocenters. The highest BCUT2D eigenvalue weighted by Gasteiger charge is 2.41. The summed E-state index contributed by atoms with van der Waals surface area (Å²) < 4.78 is 0. The smallest absolute Gasteiger partial charge is 0.226 e. The van der Waals surface area contributed by atoms with Gasteiger partial charge in [-0.15, -0.1) is 0 Å². The molecule has 30 heavy (non-hydrogen) atoms. The maximum atomic E-state index is 13.0. The molecule has 158 valence electrons. The summed E-state index contributed by atoms with van der Waals surface area (Å²) in [6, 6.07) is 19.0. The van der Waals surface area contributed by atoms with Crippen LogP contribution in [-0.2, 0) is 22.4 Å². The first-order valence-electron chi connectivity index (χ1n) is 11.4.